The Balaban J connectivity index is 2.35. The lowest BCUT2D eigenvalue weighted by Gasteiger charge is -2.40. The predicted molar refractivity (Wildman–Crippen MR) is 290 cm³/mol. The molecule has 0 aliphatic carbocycles. The lowest BCUT2D eigenvalue weighted by atomic mass is 9.99. The van der Waals surface area contributed by atoms with E-state index in [4.69, 9.17) is 9.47 Å². The molecule has 9 nitrogen and oxygen atoms in total. The van der Waals surface area contributed by atoms with Gasteiger partial charge in [0, 0.05) is 6.42 Å². The number of allylic oxidation sites excluding steroid dienone is 21. The first kappa shape index (κ1) is 63.3. The molecule has 390 valence electrons. The zero-order chi connectivity index (χ0) is 50.1. The van der Waals surface area contributed by atoms with Crippen LogP contribution in [-0.4, -0.2) is 87.5 Å². The van der Waals surface area contributed by atoms with Gasteiger partial charge in [0.05, 0.1) is 25.4 Å². The fourth-order valence-corrected chi connectivity index (χ4v) is 7.47. The van der Waals surface area contributed by atoms with Gasteiger partial charge in [-0.15, -0.1) is 0 Å². The highest BCUT2D eigenvalue weighted by atomic mass is 16.7. The monoisotopic (exact) mass is 960 g/mol. The van der Waals surface area contributed by atoms with Crippen molar-refractivity contribution < 1.29 is 39.8 Å². The summed E-state index contributed by atoms with van der Waals surface area (Å²) in [7, 11) is 0. The molecule has 1 aliphatic heterocycles. The van der Waals surface area contributed by atoms with E-state index in [1.165, 1.54) is 70.6 Å². The third-order valence-corrected chi connectivity index (χ3v) is 11.7. The molecule has 6 N–H and O–H groups in total. The highest BCUT2D eigenvalue weighted by molar-refractivity contribution is 5.76. The van der Waals surface area contributed by atoms with E-state index in [0.29, 0.717) is 6.42 Å². The standard InChI is InChI=1S/C60H97NO8/c1-3-5-7-9-11-13-15-17-19-21-22-23-24-25-26-27-28-29-30-31-32-34-36-38-40-42-44-46-48-50-56(64)61-53(52-68-60-59(67)58(66)57(65)55(51-62)69-60)54(63)49-47-45-43-41-39-37-35-33-20-18-16-14-12-10-8-6-4-2/h5,7,11,13,17,19,22-23,25-26,28-29,31-32,36,38-39,41-42,44,47,49,53-55,57-60,62-63,65-67H,3-4,6,8-10,12,14-16,18,20-21,24,27,30,33-35,37,40,43,45-46,48,50-52H2,1-2H3,(H,61,64)/b7-5-,13-11-,19-17-,23-22-,26-25-,29-28-,32-31-,38-36-,41-39+,44-42-,49-47+. The van der Waals surface area contributed by atoms with Gasteiger partial charge in [0.2, 0.25) is 5.91 Å². The van der Waals surface area contributed by atoms with Crippen molar-refractivity contribution in [2.24, 2.45) is 0 Å². The highest BCUT2D eigenvalue weighted by Crippen LogP contribution is 2.22. The number of rotatable bonds is 43. The minimum absolute atomic E-state index is 0.233. The third-order valence-electron chi connectivity index (χ3n) is 11.7. The van der Waals surface area contributed by atoms with Crippen LogP contribution in [0.2, 0.25) is 0 Å². The Labute approximate surface area is 420 Å². The van der Waals surface area contributed by atoms with Crippen LogP contribution in [0.15, 0.2) is 134 Å². The molecule has 1 heterocycles. The second-order valence-electron chi connectivity index (χ2n) is 17.9. The molecule has 1 aliphatic rings. The van der Waals surface area contributed by atoms with E-state index in [2.05, 4.69) is 141 Å². The normalized spacial score (nSPS) is 20.6. The molecule has 7 unspecified atom stereocenters. The highest BCUT2D eigenvalue weighted by Gasteiger charge is 2.44. The second kappa shape index (κ2) is 48.0. The summed E-state index contributed by atoms with van der Waals surface area (Å²) in [5.74, 6) is -0.251. The van der Waals surface area contributed by atoms with Gasteiger partial charge in [-0.05, 0) is 96.3 Å². The molecule has 1 rings (SSSR count). The first-order chi connectivity index (χ1) is 33.8. The van der Waals surface area contributed by atoms with Gasteiger partial charge in [0.15, 0.2) is 6.29 Å². The Morgan fingerprint density at radius 1 is 0.507 bits per heavy atom. The van der Waals surface area contributed by atoms with Crippen LogP contribution in [0.3, 0.4) is 0 Å². The van der Waals surface area contributed by atoms with Crippen LogP contribution in [0.25, 0.3) is 0 Å². The number of unbranched alkanes of at least 4 members (excludes halogenated alkanes) is 13. The van der Waals surface area contributed by atoms with Crippen LogP contribution in [-0.2, 0) is 14.3 Å². The summed E-state index contributed by atoms with van der Waals surface area (Å²) < 4.78 is 11.2. The molecule has 0 radical (unpaired) electrons. The van der Waals surface area contributed by atoms with Crippen molar-refractivity contribution in [3.05, 3.63) is 134 Å². The van der Waals surface area contributed by atoms with Gasteiger partial charge in [0.1, 0.15) is 24.4 Å². The van der Waals surface area contributed by atoms with Gasteiger partial charge in [-0.3, -0.25) is 4.79 Å². The van der Waals surface area contributed by atoms with E-state index in [1.54, 1.807) is 6.08 Å². The topological polar surface area (TPSA) is 149 Å². The molecule has 1 amide bonds. The molecule has 0 bridgehead atoms. The van der Waals surface area contributed by atoms with E-state index in [-0.39, 0.29) is 18.9 Å². The molecule has 0 aromatic rings. The smallest absolute Gasteiger partial charge is 0.220 e. The van der Waals surface area contributed by atoms with Crippen LogP contribution in [0.4, 0.5) is 0 Å². The number of aliphatic hydroxyl groups is 5. The van der Waals surface area contributed by atoms with Crippen molar-refractivity contribution >= 4 is 5.91 Å². The van der Waals surface area contributed by atoms with Crippen molar-refractivity contribution in [1.29, 1.82) is 0 Å². The molecular weight excluding hydrogens is 863 g/mol. The lowest BCUT2D eigenvalue weighted by molar-refractivity contribution is -0.302. The van der Waals surface area contributed by atoms with Crippen molar-refractivity contribution in [2.45, 2.75) is 224 Å². The van der Waals surface area contributed by atoms with E-state index in [9.17, 15) is 30.3 Å². The maximum atomic E-state index is 13.0. The minimum Gasteiger partial charge on any atom is -0.394 e. The maximum Gasteiger partial charge on any atom is 0.220 e. The van der Waals surface area contributed by atoms with Gasteiger partial charge in [-0.25, -0.2) is 0 Å². The number of carbonyl (C=O) groups excluding carboxylic acids is 1. The average Bonchev–Trinajstić information content (AvgIpc) is 3.35. The van der Waals surface area contributed by atoms with E-state index < -0.39 is 49.5 Å². The largest absolute Gasteiger partial charge is 0.394 e. The van der Waals surface area contributed by atoms with E-state index >= 15 is 0 Å². The predicted octanol–water partition coefficient (Wildman–Crippen LogP) is 12.9. The van der Waals surface area contributed by atoms with Gasteiger partial charge < -0.3 is 40.3 Å². The Bertz CT molecular complexity index is 1530. The summed E-state index contributed by atoms with van der Waals surface area (Å²) in [6.45, 7) is 3.59. The summed E-state index contributed by atoms with van der Waals surface area (Å²) in [4.78, 5) is 13.0. The number of carbonyl (C=O) groups is 1. The molecule has 7 atom stereocenters. The zero-order valence-corrected chi connectivity index (χ0v) is 43.0. The number of hydrogen-bond donors (Lipinski definition) is 6. The van der Waals surface area contributed by atoms with Gasteiger partial charge in [0.25, 0.3) is 0 Å². The summed E-state index contributed by atoms with van der Waals surface area (Å²) in [6.07, 6.45) is 66.5. The Kier molecular flexibility index (Phi) is 44.0. The van der Waals surface area contributed by atoms with Crippen LogP contribution in [0.5, 0.6) is 0 Å². The molecular formula is C60H97NO8. The first-order valence-electron chi connectivity index (χ1n) is 26.9. The number of amides is 1. The summed E-state index contributed by atoms with van der Waals surface area (Å²) >= 11 is 0. The first-order valence-corrected chi connectivity index (χ1v) is 26.9. The SMILES string of the molecule is CC/C=C\C/C=C\C/C=C\C/C=C\C/C=C\C/C=C\C/C=C\C/C=C\C/C=C\CCCC(=O)NC(COC1OC(CO)C(O)C(O)C1O)C(O)/C=C/CC/C=C/CCCCCCCCCCCCC. The average molecular weight is 960 g/mol. The minimum atomic E-state index is -1.59. The second-order valence-corrected chi connectivity index (χ2v) is 17.9. The van der Waals surface area contributed by atoms with Crippen molar-refractivity contribution in [3.63, 3.8) is 0 Å². The van der Waals surface area contributed by atoms with Crippen molar-refractivity contribution in [2.75, 3.05) is 13.2 Å². The maximum absolute atomic E-state index is 13.0. The van der Waals surface area contributed by atoms with Gasteiger partial charge in [-0.1, -0.05) is 212 Å². The summed E-state index contributed by atoms with van der Waals surface area (Å²) in [5.41, 5.74) is 0. The molecule has 0 aromatic carbocycles. The molecule has 1 saturated heterocycles. The molecule has 0 aromatic heterocycles. The zero-order valence-electron chi connectivity index (χ0n) is 43.0. The van der Waals surface area contributed by atoms with Crippen LogP contribution >= 0.6 is 0 Å². The van der Waals surface area contributed by atoms with Crippen LogP contribution in [0.1, 0.15) is 181 Å². The fourth-order valence-electron chi connectivity index (χ4n) is 7.47. The van der Waals surface area contributed by atoms with Gasteiger partial charge >= 0.3 is 0 Å². The summed E-state index contributed by atoms with van der Waals surface area (Å²) in [5, 5.41) is 54.3. The Morgan fingerprint density at radius 2 is 0.913 bits per heavy atom. The van der Waals surface area contributed by atoms with Crippen LogP contribution in [0, 0.1) is 0 Å². The fraction of sp³-hybridized carbons (Fsp3) is 0.617. The number of aliphatic hydroxyl groups excluding tert-OH is 5. The molecule has 0 spiro atoms. The van der Waals surface area contributed by atoms with Crippen molar-refractivity contribution in [1.82, 2.24) is 5.32 Å². The Morgan fingerprint density at radius 3 is 1.39 bits per heavy atom. The number of hydrogen-bond acceptors (Lipinski definition) is 8. The summed E-state index contributed by atoms with van der Waals surface area (Å²) in [6, 6.07) is -0.863. The number of nitrogens with one attached hydrogen (secondary N) is 1. The van der Waals surface area contributed by atoms with Crippen LogP contribution < -0.4 is 5.32 Å². The molecule has 69 heavy (non-hydrogen) atoms. The number of ether oxygens (including phenoxy) is 2. The van der Waals surface area contributed by atoms with Crippen molar-refractivity contribution in [3.8, 4) is 0 Å². The van der Waals surface area contributed by atoms with E-state index in [1.807, 2.05) is 6.08 Å². The quantitative estimate of drug-likeness (QED) is 0.0261. The molecule has 0 saturated carbocycles. The van der Waals surface area contributed by atoms with Gasteiger partial charge in [-0.2, -0.15) is 0 Å². The lowest BCUT2D eigenvalue weighted by Crippen LogP contribution is -2.60. The Hall–Kier alpha value is -3.67. The molecule has 1 fully saturated rings. The third kappa shape index (κ3) is 37.8. The molecule has 9 heteroatoms. The van der Waals surface area contributed by atoms with E-state index in [0.717, 1.165) is 83.5 Å².